The molecule has 0 aromatic heterocycles. The van der Waals surface area contributed by atoms with E-state index in [-0.39, 0.29) is 33.0 Å². The second kappa shape index (κ2) is 7.82. The van der Waals surface area contributed by atoms with E-state index in [9.17, 15) is 10.0 Å². The highest BCUT2D eigenvalue weighted by atomic mass is 16.4. The standard InChI is InChI=1S/C30H49N3O2/c1-18(2)19-10-15-30(25(34)32-31)17-16-28(6)20(24(19)30)8-9-22-27(5)13-12-23(33-35)26(3,4)21(27)11-14-29(22,28)7/h19-22,24,35H,1,8-17,31H2,2-7H3,(H,32,34)/b33-23+/t19-,20?,21?,22+,24?,27-,28-,29+,30-/m0/s1. The Morgan fingerprint density at radius 3 is 2.31 bits per heavy atom. The summed E-state index contributed by atoms with van der Waals surface area (Å²) in [6.45, 7) is 19.0. The lowest BCUT2D eigenvalue weighted by molar-refractivity contribution is -0.227. The largest absolute Gasteiger partial charge is 0.411 e. The van der Waals surface area contributed by atoms with E-state index in [1.54, 1.807) is 0 Å². The Bertz CT molecular complexity index is 957. The second-order valence-corrected chi connectivity index (χ2v) is 14.6. The molecule has 0 saturated heterocycles. The molecular weight excluding hydrogens is 434 g/mol. The van der Waals surface area contributed by atoms with Crippen LogP contribution in [-0.4, -0.2) is 16.8 Å². The first-order valence-corrected chi connectivity index (χ1v) is 14.2. The molecule has 5 aliphatic rings. The number of hydrogen-bond acceptors (Lipinski definition) is 4. The van der Waals surface area contributed by atoms with Gasteiger partial charge in [0.05, 0.1) is 11.1 Å². The molecule has 196 valence electrons. The van der Waals surface area contributed by atoms with Gasteiger partial charge in [0.2, 0.25) is 5.91 Å². The summed E-state index contributed by atoms with van der Waals surface area (Å²) in [6.07, 6.45) is 11.0. The van der Waals surface area contributed by atoms with Crippen molar-refractivity contribution < 1.29 is 10.0 Å². The van der Waals surface area contributed by atoms with Crippen LogP contribution >= 0.6 is 0 Å². The van der Waals surface area contributed by atoms with Crippen molar-refractivity contribution in [2.45, 2.75) is 106 Å². The minimum Gasteiger partial charge on any atom is -0.411 e. The van der Waals surface area contributed by atoms with Crippen molar-refractivity contribution in [1.29, 1.82) is 0 Å². The molecule has 5 heteroatoms. The monoisotopic (exact) mass is 483 g/mol. The number of nitrogens with two attached hydrogens (primary N) is 1. The van der Waals surface area contributed by atoms with Crippen molar-refractivity contribution in [1.82, 2.24) is 5.43 Å². The number of oxime groups is 1. The van der Waals surface area contributed by atoms with Crippen molar-refractivity contribution in [3.8, 4) is 0 Å². The molecule has 0 spiro atoms. The van der Waals surface area contributed by atoms with Gasteiger partial charge in [-0.3, -0.25) is 10.2 Å². The number of amides is 1. The summed E-state index contributed by atoms with van der Waals surface area (Å²) in [5.74, 6) is 8.38. The third kappa shape index (κ3) is 2.97. The Hall–Kier alpha value is -1.36. The summed E-state index contributed by atoms with van der Waals surface area (Å²) in [5.41, 5.74) is 5.16. The minimum atomic E-state index is -0.327. The van der Waals surface area contributed by atoms with E-state index in [4.69, 9.17) is 5.84 Å². The Morgan fingerprint density at radius 2 is 1.69 bits per heavy atom. The van der Waals surface area contributed by atoms with Gasteiger partial charge in [-0.2, -0.15) is 0 Å². The van der Waals surface area contributed by atoms with Gasteiger partial charge >= 0.3 is 0 Å². The summed E-state index contributed by atoms with van der Waals surface area (Å²) in [6, 6.07) is 0. The third-order valence-corrected chi connectivity index (χ3v) is 13.6. The topological polar surface area (TPSA) is 87.7 Å². The maximum atomic E-state index is 13.4. The zero-order valence-electron chi connectivity index (χ0n) is 23.0. The van der Waals surface area contributed by atoms with Gasteiger partial charge in [0.15, 0.2) is 0 Å². The lowest BCUT2D eigenvalue weighted by atomic mass is 9.32. The van der Waals surface area contributed by atoms with Crippen LogP contribution in [0.25, 0.3) is 0 Å². The molecule has 0 radical (unpaired) electrons. The summed E-state index contributed by atoms with van der Waals surface area (Å²) in [4.78, 5) is 13.4. The van der Waals surface area contributed by atoms with Crippen LogP contribution in [0.3, 0.4) is 0 Å². The first-order chi connectivity index (χ1) is 16.3. The van der Waals surface area contributed by atoms with E-state index in [0.717, 1.165) is 44.2 Å². The molecule has 5 saturated carbocycles. The minimum absolute atomic E-state index is 0.0573. The molecule has 5 rings (SSSR count). The lowest BCUT2D eigenvalue weighted by Crippen LogP contribution is -2.67. The zero-order chi connectivity index (χ0) is 25.6. The fourth-order valence-electron chi connectivity index (χ4n) is 11.7. The SMILES string of the molecule is C=C(C)[C@@H]1CC[C@]2(C(=O)NN)CC[C@@]3(C)C(CC[C@@H]4[C@@]5(C)CC/C(=N\O)C(C)(C)C5CC[C@]43C)C12. The van der Waals surface area contributed by atoms with E-state index < -0.39 is 0 Å². The number of nitrogens with zero attached hydrogens (tertiary/aromatic N) is 1. The van der Waals surface area contributed by atoms with E-state index in [2.05, 4.69) is 58.7 Å². The van der Waals surface area contributed by atoms with Gasteiger partial charge in [0.1, 0.15) is 0 Å². The molecular formula is C30H49N3O2. The molecule has 5 nitrogen and oxygen atoms in total. The van der Waals surface area contributed by atoms with Crippen molar-refractivity contribution in [2.75, 3.05) is 0 Å². The van der Waals surface area contributed by atoms with E-state index in [0.29, 0.717) is 29.6 Å². The van der Waals surface area contributed by atoms with Gasteiger partial charge in [0.25, 0.3) is 0 Å². The molecule has 3 unspecified atom stereocenters. The van der Waals surface area contributed by atoms with Crippen LogP contribution in [0.15, 0.2) is 17.3 Å². The number of hydrazine groups is 1. The van der Waals surface area contributed by atoms with E-state index >= 15 is 0 Å². The molecule has 0 bridgehead atoms. The molecule has 5 aliphatic carbocycles. The fourth-order valence-corrected chi connectivity index (χ4v) is 11.7. The van der Waals surface area contributed by atoms with Crippen molar-refractivity contribution in [3.63, 3.8) is 0 Å². The summed E-state index contributed by atoms with van der Waals surface area (Å²) >= 11 is 0. The van der Waals surface area contributed by atoms with Crippen molar-refractivity contribution >= 4 is 11.6 Å². The van der Waals surface area contributed by atoms with Crippen LogP contribution in [0.5, 0.6) is 0 Å². The quantitative estimate of drug-likeness (QED) is 0.138. The molecule has 0 heterocycles. The Morgan fingerprint density at radius 1 is 0.971 bits per heavy atom. The Balaban J connectivity index is 1.56. The molecule has 9 atom stereocenters. The smallest absolute Gasteiger partial charge is 0.240 e. The van der Waals surface area contributed by atoms with Crippen LogP contribution in [0.1, 0.15) is 106 Å². The predicted octanol–water partition coefficient (Wildman–Crippen LogP) is 6.46. The number of nitrogens with one attached hydrogen (secondary N) is 1. The van der Waals surface area contributed by atoms with Gasteiger partial charge in [-0.1, -0.05) is 51.9 Å². The molecule has 4 N–H and O–H groups in total. The second-order valence-electron chi connectivity index (χ2n) is 14.6. The zero-order valence-corrected chi connectivity index (χ0v) is 23.0. The third-order valence-electron chi connectivity index (χ3n) is 13.6. The summed E-state index contributed by atoms with van der Waals surface area (Å²) in [7, 11) is 0. The fraction of sp³-hybridized carbons (Fsp3) is 0.867. The van der Waals surface area contributed by atoms with Gasteiger partial charge in [-0.15, -0.1) is 0 Å². The molecule has 1 amide bonds. The highest BCUT2D eigenvalue weighted by Crippen LogP contribution is 2.77. The highest BCUT2D eigenvalue weighted by molar-refractivity contribution is 5.90. The van der Waals surface area contributed by atoms with Crippen LogP contribution < -0.4 is 11.3 Å². The molecule has 0 aromatic carbocycles. The first kappa shape index (κ1) is 25.3. The maximum absolute atomic E-state index is 13.4. The number of rotatable bonds is 2. The molecule has 0 aliphatic heterocycles. The predicted molar refractivity (Wildman–Crippen MR) is 141 cm³/mol. The van der Waals surface area contributed by atoms with Gasteiger partial charge < -0.3 is 5.21 Å². The van der Waals surface area contributed by atoms with Crippen molar-refractivity contribution in [2.24, 2.45) is 67.7 Å². The van der Waals surface area contributed by atoms with Crippen LogP contribution in [0, 0.1) is 56.7 Å². The number of carbonyl (C=O) groups excluding carboxylic acids is 1. The number of allylic oxidation sites excluding steroid dienone is 1. The van der Waals surface area contributed by atoms with Gasteiger partial charge in [-0.05, 0) is 117 Å². The van der Waals surface area contributed by atoms with Crippen LogP contribution in [0.2, 0.25) is 0 Å². The average Bonchev–Trinajstić information content (AvgIpc) is 3.20. The average molecular weight is 484 g/mol. The Labute approximate surface area is 212 Å². The van der Waals surface area contributed by atoms with Gasteiger partial charge in [-0.25, -0.2) is 5.84 Å². The molecule has 5 fully saturated rings. The number of carbonyl (C=O) groups is 1. The van der Waals surface area contributed by atoms with E-state index in [1.165, 1.54) is 31.3 Å². The lowest BCUT2D eigenvalue weighted by Gasteiger charge is -2.72. The molecule has 0 aromatic rings. The van der Waals surface area contributed by atoms with Crippen LogP contribution in [0.4, 0.5) is 0 Å². The summed E-state index contributed by atoms with van der Waals surface area (Å²) in [5, 5.41) is 13.5. The Kier molecular flexibility index (Phi) is 5.65. The number of hydrogen-bond donors (Lipinski definition) is 3. The maximum Gasteiger partial charge on any atom is 0.240 e. The highest BCUT2D eigenvalue weighted by Gasteiger charge is 2.71. The number of fused-ring (bicyclic) bond motifs is 7. The van der Waals surface area contributed by atoms with E-state index in [1.807, 2.05) is 0 Å². The van der Waals surface area contributed by atoms with Crippen molar-refractivity contribution in [3.05, 3.63) is 12.2 Å². The first-order valence-electron chi connectivity index (χ1n) is 14.2. The normalized spacial score (nSPS) is 51.5. The summed E-state index contributed by atoms with van der Waals surface area (Å²) < 4.78 is 0. The van der Waals surface area contributed by atoms with Gasteiger partial charge in [0, 0.05) is 5.41 Å². The molecule has 35 heavy (non-hydrogen) atoms. The van der Waals surface area contributed by atoms with Crippen LogP contribution in [-0.2, 0) is 4.79 Å².